The smallest absolute Gasteiger partial charge is 0.169 e. The van der Waals surface area contributed by atoms with Gasteiger partial charge in [-0.25, -0.2) is 0 Å². The molecular formula is C12H12BrNO3. The molecular weight excluding hydrogens is 286 g/mol. The van der Waals surface area contributed by atoms with Gasteiger partial charge in [-0.1, -0.05) is 12.1 Å². The standard InChI is InChI=1S/C12H12BrNO3/c13-12-6-5-10(17-12)8(14)7-16-11-4-2-1-3-9(11)15/h1-6,8,15H,7,14H2. The summed E-state index contributed by atoms with van der Waals surface area (Å²) in [5.41, 5.74) is 5.89. The van der Waals surface area contributed by atoms with Crippen molar-refractivity contribution in [3.63, 3.8) is 0 Å². The number of benzene rings is 1. The summed E-state index contributed by atoms with van der Waals surface area (Å²) in [6.07, 6.45) is 0. The van der Waals surface area contributed by atoms with Gasteiger partial charge in [0.1, 0.15) is 12.4 Å². The molecule has 17 heavy (non-hydrogen) atoms. The molecule has 90 valence electrons. The van der Waals surface area contributed by atoms with Crippen LogP contribution in [-0.2, 0) is 0 Å². The van der Waals surface area contributed by atoms with Gasteiger partial charge in [-0.15, -0.1) is 0 Å². The highest BCUT2D eigenvalue weighted by Gasteiger charge is 2.12. The predicted octanol–water partition coefficient (Wildman–Crippen LogP) is 2.83. The van der Waals surface area contributed by atoms with Gasteiger partial charge in [0.2, 0.25) is 0 Å². The number of rotatable bonds is 4. The molecule has 0 saturated carbocycles. The molecule has 0 aliphatic rings. The molecule has 4 nitrogen and oxygen atoms in total. The summed E-state index contributed by atoms with van der Waals surface area (Å²) in [7, 11) is 0. The van der Waals surface area contributed by atoms with Gasteiger partial charge in [-0.05, 0) is 40.2 Å². The fraction of sp³-hybridized carbons (Fsp3) is 0.167. The maximum absolute atomic E-state index is 9.50. The molecule has 5 heteroatoms. The Bertz CT molecular complexity index is 498. The molecule has 0 saturated heterocycles. The highest BCUT2D eigenvalue weighted by atomic mass is 79.9. The topological polar surface area (TPSA) is 68.6 Å². The van der Waals surface area contributed by atoms with Gasteiger partial charge in [0.15, 0.2) is 16.2 Å². The normalized spacial score (nSPS) is 12.4. The molecule has 0 bridgehead atoms. The summed E-state index contributed by atoms with van der Waals surface area (Å²) < 4.78 is 11.4. The summed E-state index contributed by atoms with van der Waals surface area (Å²) in [5, 5.41) is 9.50. The molecule has 0 spiro atoms. The molecule has 2 aromatic rings. The SMILES string of the molecule is NC(COc1ccccc1O)c1ccc(Br)o1. The summed E-state index contributed by atoms with van der Waals surface area (Å²) >= 11 is 3.21. The van der Waals surface area contributed by atoms with Crippen molar-refractivity contribution in [2.75, 3.05) is 6.61 Å². The maximum atomic E-state index is 9.50. The first-order chi connectivity index (χ1) is 8.16. The van der Waals surface area contributed by atoms with Crippen molar-refractivity contribution < 1.29 is 14.3 Å². The fourth-order valence-electron chi connectivity index (χ4n) is 1.37. The van der Waals surface area contributed by atoms with E-state index in [1.165, 1.54) is 0 Å². The van der Waals surface area contributed by atoms with Crippen LogP contribution in [0.3, 0.4) is 0 Å². The number of furan rings is 1. The Kier molecular flexibility index (Phi) is 3.71. The lowest BCUT2D eigenvalue weighted by molar-refractivity contribution is 0.260. The van der Waals surface area contributed by atoms with Gasteiger partial charge < -0.3 is 20.0 Å². The van der Waals surface area contributed by atoms with E-state index < -0.39 is 0 Å². The predicted molar refractivity (Wildman–Crippen MR) is 66.9 cm³/mol. The van der Waals surface area contributed by atoms with Gasteiger partial charge in [-0.3, -0.25) is 0 Å². The van der Waals surface area contributed by atoms with Gasteiger partial charge in [0, 0.05) is 0 Å². The van der Waals surface area contributed by atoms with E-state index in [-0.39, 0.29) is 18.4 Å². The number of para-hydroxylation sites is 2. The highest BCUT2D eigenvalue weighted by Crippen LogP contribution is 2.26. The largest absolute Gasteiger partial charge is 0.504 e. The molecule has 1 atom stereocenters. The lowest BCUT2D eigenvalue weighted by atomic mass is 10.2. The van der Waals surface area contributed by atoms with Crippen LogP contribution in [0.1, 0.15) is 11.8 Å². The summed E-state index contributed by atoms with van der Waals surface area (Å²) in [5.74, 6) is 1.14. The first-order valence-electron chi connectivity index (χ1n) is 5.08. The van der Waals surface area contributed by atoms with Crippen LogP contribution in [0.5, 0.6) is 11.5 Å². The minimum absolute atomic E-state index is 0.0975. The molecule has 0 amide bonds. The number of hydrogen-bond acceptors (Lipinski definition) is 4. The third-order valence-electron chi connectivity index (χ3n) is 2.24. The van der Waals surface area contributed by atoms with Gasteiger partial charge in [0.05, 0.1) is 6.04 Å². The fourth-order valence-corrected chi connectivity index (χ4v) is 1.69. The van der Waals surface area contributed by atoms with Crippen molar-refractivity contribution in [1.82, 2.24) is 0 Å². The molecule has 2 rings (SSSR count). The number of phenols is 1. The molecule has 1 aromatic heterocycles. The van der Waals surface area contributed by atoms with Crippen LogP contribution in [0.25, 0.3) is 0 Å². The van der Waals surface area contributed by atoms with Crippen LogP contribution in [0.2, 0.25) is 0 Å². The van der Waals surface area contributed by atoms with E-state index in [0.717, 1.165) is 0 Å². The van der Waals surface area contributed by atoms with Crippen molar-refractivity contribution in [3.05, 3.63) is 46.8 Å². The van der Waals surface area contributed by atoms with Crippen molar-refractivity contribution in [1.29, 1.82) is 0 Å². The Balaban J connectivity index is 1.97. The second-order valence-electron chi connectivity index (χ2n) is 3.53. The lowest BCUT2D eigenvalue weighted by Gasteiger charge is -2.11. The number of phenolic OH excluding ortho intramolecular Hbond substituents is 1. The number of aromatic hydroxyl groups is 1. The second-order valence-corrected chi connectivity index (χ2v) is 4.31. The van der Waals surface area contributed by atoms with E-state index in [1.54, 1.807) is 36.4 Å². The van der Waals surface area contributed by atoms with Crippen LogP contribution >= 0.6 is 15.9 Å². The van der Waals surface area contributed by atoms with Crippen molar-refractivity contribution in [2.45, 2.75) is 6.04 Å². The number of ether oxygens (including phenoxy) is 1. The Morgan fingerprint density at radius 1 is 1.29 bits per heavy atom. The van der Waals surface area contributed by atoms with Gasteiger partial charge >= 0.3 is 0 Å². The van der Waals surface area contributed by atoms with Crippen LogP contribution in [0.4, 0.5) is 0 Å². The Morgan fingerprint density at radius 3 is 2.71 bits per heavy atom. The Morgan fingerprint density at radius 2 is 2.06 bits per heavy atom. The third kappa shape index (κ3) is 3.01. The van der Waals surface area contributed by atoms with E-state index in [9.17, 15) is 5.11 Å². The molecule has 0 fully saturated rings. The Labute approximate surface area is 107 Å². The maximum Gasteiger partial charge on any atom is 0.169 e. The van der Waals surface area contributed by atoms with Crippen LogP contribution in [-0.4, -0.2) is 11.7 Å². The first-order valence-corrected chi connectivity index (χ1v) is 5.87. The number of hydrogen-bond donors (Lipinski definition) is 2. The van der Waals surface area contributed by atoms with E-state index in [2.05, 4.69) is 15.9 Å². The van der Waals surface area contributed by atoms with Gasteiger partial charge in [-0.2, -0.15) is 0 Å². The zero-order chi connectivity index (χ0) is 12.3. The van der Waals surface area contributed by atoms with Crippen molar-refractivity contribution in [3.8, 4) is 11.5 Å². The van der Waals surface area contributed by atoms with E-state index in [4.69, 9.17) is 14.9 Å². The molecule has 0 radical (unpaired) electrons. The minimum atomic E-state index is -0.374. The summed E-state index contributed by atoms with van der Waals surface area (Å²) in [4.78, 5) is 0. The monoisotopic (exact) mass is 297 g/mol. The number of nitrogens with two attached hydrogens (primary N) is 1. The molecule has 0 aliphatic heterocycles. The third-order valence-corrected chi connectivity index (χ3v) is 2.67. The van der Waals surface area contributed by atoms with E-state index >= 15 is 0 Å². The average molecular weight is 298 g/mol. The highest BCUT2D eigenvalue weighted by molar-refractivity contribution is 9.10. The van der Waals surface area contributed by atoms with Crippen molar-refractivity contribution in [2.24, 2.45) is 5.73 Å². The summed E-state index contributed by atoms with van der Waals surface area (Å²) in [6, 6.07) is 9.93. The molecule has 1 unspecified atom stereocenters. The van der Waals surface area contributed by atoms with Crippen molar-refractivity contribution >= 4 is 15.9 Å². The Hall–Kier alpha value is -1.46. The second kappa shape index (κ2) is 5.25. The number of halogens is 1. The van der Waals surface area contributed by atoms with Crippen LogP contribution < -0.4 is 10.5 Å². The zero-order valence-electron chi connectivity index (χ0n) is 8.97. The average Bonchev–Trinajstić information content (AvgIpc) is 2.74. The van der Waals surface area contributed by atoms with Gasteiger partial charge in [0.25, 0.3) is 0 Å². The van der Waals surface area contributed by atoms with Crippen LogP contribution in [0, 0.1) is 0 Å². The van der Waals surface area contributed by atoms with E-state index in [0.29, 0.717) is 16.2 Å². The molecule has 1 heterocycles. The minimum Gasteiger partial charge on any atom is -0.504 e. The first kappa shape index (κ1) is 12.0. The van der Waals surface area contributed by atoms with Crippen LogP contribution in [0.15, 0.2) is 45.5 Å². The molecule has 0 aliphatic carbocycles. The lowest BCUT2D eigenvalue weighted by Crippen LogP contribution is -2.18. The molecule has 3 N–H and O–H groups in total. The quantitative estimate of drug-likeness (QED) is 0.910. The summed E-state index contributed by atoms with van der Waals surface area (Å²) in [6.45, 7) is 0.234. The van der Waals surface area contributed by atoms with E-state index in [1.807, 2.05) is 0 Å². The molecule has 1 aromatic carbocycles. The zero-order valence-corrected chi connectivity index (χ0v) is 10.6.